The van der Waals surface area contributed by atoms with E-state index in [0.29, 0.717) is 11.3 Å². The minimum Gasteiger partial charge on any atom is -0.452 e. The lowest BCUT2D eigenvalue weighted by Crippen LogP contribution is -2.35. The van der Waals surface area contributed by atoms with Gasteiger partial charge in [-0.15, -0.1) is 0 Å². The standard InChI is InChI=1S/C20H19FN2O3/c1-14-4-9-18(15(2)12-14)20(25)26-13-19(24)23(11-3-10-22)17-7-5-16(21)6-8-17/h4-9,12H,3,11,13H2,1-2H3. The number of halogens is 1. The van der Waals surface area contributed by atoms with Gasteiger partial charge in [-0.2, -0.15) is 5.26 Å². The lowest BCUT2D eigenvalue weighted by Gasteiger charge is -2.21. The lowest BCUT2D eigenvalue weighted by atomic mass is 10.1. The fraction of sp³-hybridized carbons (Fsp3) is 0.250. The predicted molar refractivity (Wildman–Crippen MR) is 95.2 cm³/mol. The van der Waals surface area contributed by atoms with Gasteiger partial charge >= 0.3 is 5.97 Å². The Labute approximate surface area is 151 Å². The predicted octanol–water partition coefficient (Wildman–Crippen LogP) is 3.55. The maximum absolute atomic E-state index is 13.1. The van der Waals surface area contributed by atoms with Crippen molar-refractivity contribution in [2.75, 3.05) is 18.1 Å². The monoisotopic (exact) mass is 354 g/mol. The minimum atomic E-state index is -0.588. The number of hydrogen-bond donors (Lipinski definition) is 0. The van der Waals surface area contributed by atoms with Crippen LogP contribution in [0.2, 0.25) is 0 Å². The van der Waals surface area contributed by atoms with Crippen LogP contribution in [0.3, 0.4) is 0 Å². The van der Waals surface area contributed by atoms with Crippen LogP contribution in [-0.2, 0) is 9.53 Å². The fourth-order valence-corrected chi connectivity index (χ4v) is 2.51. The number of nitrogens with zero attached hydrogens (tertiary/aromatic N) is 2. The molecule has 6 heteroatoms. The Morgan fingerprint density at radius 1 is 1.15 bits per heavy atom. The van der Waals surface area contributed by atoms with Crippen molar-refractivity contribution >= 4 is 17.6 Å². The van der Waals surface area contributed by atoms with Crippen LogP contribution in [0.25, 0.3) is 0 Å². The SMILES string of the molecule is Cc1ccc(C(=O)OCC(=O)N(CCC#N)c2ccc(F)cc2)c(C)c1. The van der Waals surface area contributed by atoms with Crippen molar-refractivity contribution in [3.05, 3.63) is 65.0 Å². The summed E-state index contributed by atoms with van der Waals surface area (Å²) in [7, 11) is 0. The fourth-order valence-electron chi connectivity index (χ4n) is 2.51. The van der Waals surface area contributed by atoms with E-state index in [0.717, 1.165) is 11.1 Å². The molecule has 0 radical (unpaired) electrons. The third kappa shape index (κ3) is 4.90. The highest BCUT2D eigenvalue weighted by atomic mass is 19.1. The number of rotatable bonds is 6. The van der Waals surface area contributed by atoms with Crippen LogP contribution in [0, 0.1) is 31.0 Å². The van der Waals surface area contributed by atoms with Crippen molar-refractivity contribution in [2.45, 2.75) is 20.3 Å². The molecule has 0 unspecified atom stereocenters. The average molecular weight is 354 g/mol. The highest BCUT2D eigenvalue weighted by molar-refractivity contribution is 5.97. The number of benzene rings is 2. The summed E-state index contributed by atoms with van der Waals surface area (Å²) in [5.74, 6) is -1.50. The molecule has 0 aliphatic carbocycles. The Balaban J connectivity index is 2.07. The van der Waals surface area contributed by atoms with Crippen molar-refractivity contribution in [3.63, 3.8) is 0 Å². The van der Waals surface area contributed by atoms with E-state index in [1.165, 1.54) is 29.2 Å². The number of nitriles is 1. The van der Waals surface area contributed by atoms with Gasteiger partial charge in [0.05, 0.1) is 18.1 Å². The van der Waals surface area contributed by atoms with E-state index in [-0.39, 0.29) is 13.0 Å². The van der Waals surface area contributed by atoms with Crippen molar-refractivity contribution in [2.24, 2.45) is 0 Å². The summed E-state index contributed by atoms with van der Waals surface area (Å²) < 4.78 is 18.2. The molecule has 0 heterocycles. The molecule has 26 heavy (non-hydrogen) atoms. The van der Waals surface area contributed by atoms with Gasteiger partial charge in [-0.25, -0.2) is 9.18 Å². The molecule has 0 fully saturated rings. The minimum absolute atomic E-state index is 0.105. The third-order valence-corrected chi connectivity index (χ3v) is 3.82. The van der Waals surface area contributed by atoms with Crippen molar-refractivity contribution in [1.82, 2.24) is 0 Å². The van der Waals surface area contributed by atoms with Crippen LogP contribution in [0.5, 0.6) is 0 Å². The summed E-state index contributed by atoms with van der Waals surface area (Å²) in [6.45, 7) is 3.38. The number of ether oxygens (including phenoxy) is 1. The molecule has 0 saturated heterocycles. The maximum atomic E-state index is 13.1. The summed E-state index contributed by atoms with van der Waals surface area (Å²) in [6, 6.07) is 12.6. The van der Waals surface area contributed by atoms with Gasteiger partial charge in [-0.1, -0.05) is 17.7 Å². The number of carbonyl (C=O) groups excluding carboxylic acids is 2. The van der Waals surface area contributed by atoms with Crippen molar-refractivity contribution < 1.29 is 18.7 Å². The first-order valence-electron chi connectivity index (χ1n) is 8.09. The Kier molecular flexibility index (Phi) is 6.45. The zero-order valence-electron chi connectivity index (χ0n) is 14.7. The lowest BCUT2D eigenvalue weighted by molar-refractivity contribution is -0.121. The number of aryl methyl sites for hydroxylation is 2. The molecule has 0 spiro atoms. The van der Waals surface area contributed by atoms with Gasteiger partial charge in [-0.3, -0.25) is 4.79 Å². The second-order valence-corrected chi connectivity index (χ2v) is 5.82. The third-order valence-electron chi connectivity index (χ3n) is 3.82. The van der Waals surface area contributed by atoms with Crippen molar-refractivity contribution in [1.29, 1.82) is 5.26 Å². The van der Waals surface area contributed by atoms with E-state index >= 15 is 0 Å². The number of carbonyl (C=O) groups is 2. The molecule has 0 bridgehead atoms. The molecule has 2 rings (SSSR count). The molecule has 0 saturated carbocycles. The first-order valence-corrected chi connectivity index (χ1v) is 8.09. The van der Waals surface area contributed by atoms with Gasteiger partial charge < -0.3 is 9.64 Å². The molecule has 0 aliphatic heterocycles. The average Bonchev–Trinajstić information content (AvgIpc) is 2.61. The first kappa shape index (κ1) is 19.1. The Hall–Kier alpha value is -3.20. The molecule has 0 atom stereocenters. The Morgan fingerprint density at radius 3 is 2.46 bits per heavy atom. The normalized spacial score (nSPS) is 10.1. The quantitative estimate of drug-likeness (QED) is 0.744. The van der Waals surface area contributed by atoms with Crippen LogP contribution in [-0.4, -0.2) is 25.0 Å². The molecule has 134 valence electrons. The topological polar surface area (TPSA) is 70.4 Å². The summed E-state index contributed by atoms with van der Waals surface area (Å²) >= 11 is 0. The zero-order valence-corrected chi connectivity index (χ0v) is 14.7. The molecule has 0 aliphatic rings. The molecular formula is C20H19FN2O3. The highest BCUT2D eigenvalue weighted by Gasteiger charge is 2.19. The van der Waals surface area contributed by atoms with Crippen molar-refractivity contribution in [3.8, 4) is 6.07 Å². The van der Waals surface area contributed by atoms with Crippen LogP contribution in [0.15, 0.2) is 42.5 Å². The second-order valence-electron chi connectivity index (χ2n) is 5.82. The van der Waals surface area contributed by atoms with E-state index in [1.807, 2.05) is 19.1 Å². The van der Waals surface area contributed by atoms with Gasteiger partial charge in [0, 0.05) is 12.2 Å². The van der Waals surface area contributed by atoms with Crippen LogP contribution >= 0.6 is 0 Å². The van der Waals surface area contributed by atoms with Gasteiger partial charge in [0.15, 0.2) is 6.61 Å². The Bertz CT molecular complexity index is 841. The number of hydrogen-bond acceptors (Lipinski definition) is 4. The molecular weight excluding hydrogens is 335 g/mol. The summed E-state index contributed by atoms with van der Waals surface area (Å²) in [5.41, 5.74) is 2.62. The molecule has 1 amide bonds. The van der Waals surface area contributed by atoms with E-state index in [1.54, 1.807) is 19.1 Å². The molecule has 2 aromatic rings. The molecule has 5 nitrogen and oxygen atoms in total. The first-order chi connectivity index (χ1) is 12.4. The zero-order chi connectivity index (χ0) is 19.1. The molecule has 2 aromatic carbocycles. The number of anilines is 1. The molecule has 0 aromatic heterocycles. The van der Waals surface area contributed by atoms with Crippen LogP contribution < -0.4 is 4.90 Å². The highest BCUT2D eigenvalue weighted by Crippen LogP contribution is 2.16. The van der Waals surface area contributed by atoms with E-state index in [4.69, 9.17) is 10.00 Å². The van der Waals surface area contributed by atoms with Gasteiger partial charge in [-0.05, 0) is 49.7 Å². The summed E-state index contributed by atoms with van der Waals surface area (Å²) in [4.78, 5) is 26.0. The van der Waals surface area contributed by atoms with E-state index in [9.17, 15) is 14.0 Å². The van der Waals surface area contributed by atoms with E-state index < -0.39 is 24.3 Å². The largest absolute Gasteiger partial charge is 0.452 e. The summed E-state index contributed by atoms with van der Waals surface area (Å²) in [6.07, 6.45) is 0.105. The Morgan fingerprint density at radius 2 is 1.85 bits per heavy atom. The van der Waals surface area contributed by atoms with E-state index in [2.05, 4.69) is 0 Å². The number of esters is 1. The second kappa shape index (κ2) is 8.77. The van der Waals surface area contributed by atoms with Gasteiger partial charge in [0.1, 0.15) is 5.82 Å². The molecule has 0 N–H and O–H groups in total. The van der Waals surface area contributed by atoms with Crippen LogP contribution in [0.1, 0.15) is 27.9 Å². The maximum Gasteiger partial charge on any atom is 0.338 e. The van der Waals surface area contributed by atoms with Crippen LogP contribution in [0.4, 0.5) is 10.1 Å². The van der Waals surface area contributed by atoms with Gasteiger partial charge in [0.2, 0.25) is 0 Å². The summed E-state index contributed by atoms with van der Waals surface area (Å²) in [5, 5.41) is 8.77. The van der Waals surface area contributed by atoms with Gasteiger partial charge in [0.25, 0.3) is 5.91 Å². The number of amides is 1. The smallest absolute Gasteiger partial charge is 0.338 e.